The van der Waals surface area contributed by atoms with Gasteiger partial charge in [0, 0.05) is 12.1 Å². The summed E-state index contributed by atoms with van der Waals surface area (Å²) in [5, 5.41) is 21.0. The first-order chi connectivity index (χ1) is 9.88. The van der Waals surface area contributed by atoms with Crippen molar-refractivity contribution in [2.75, 3.05) is 6.61 Å². The Kier molecular flexibility index (Phi) is 6.04. The molecule has 0 radical (unpaired) electrons. The fourth-order valence-corrected chi connectivity index (χ4v) is 1.83. The van der Waals surface area contributed by atoms with Crippen LogP contribution in [0.25, 0.3) is 0 Å². The van der Waals surface area contributed by atoms with Gasteiger partial charge in [0.25, 0.3) is 11.4 Å². The van der Waals surface area contributed by atoms with Crippen molar-refractivity contribution in [3.63, 3.8) is 0 Å². The molecule has 114 valence electrons. The van der Waals surface area contributed by atoms with Gasteiger partial charge < -0.3 is 4.74 Å². The standard InChI is InChI=1S/C12H13ClN2O6/c1-2-3-4-5-21-12(16)8-6-9(14(17)18)11(13)10(7-8)15(19)20/h6-7H,2-5H2,1H3. The maximum atomic E-state index is 11.8. The Bertz CT molecular complexity index is 540. The quantitative estimate of drug-likeness (QED) is 0.329. The van der Waals surface area contributed by atoms with Crippen LogP contribution in [0.5, 0.6) is 0 Å². The van der Waals surface area contributed by atoms with Crippen molar-refractivity contribution < 1.29 is 19.4 Å². The number of nitro benzene ring substituents is 2. The SMILES string of the molecule is CCCCCOC(=O)c1cc([N+](=O)[O-])c(Cl)c([N+](=O)[O-])c1. The van der Waals surface area contributed by atoms with Crippen LogP contribution in [0.15, 0.2) is 12.1 Å². The molecule has 1 aromatic carbocycles. The van der Waals surface area contributed by atoms with Crippen molar-refractivity contribution in [1.29, 1.82) is 0 Å². The summed E-state index contributed by atoms with van der Waals surface area (Å²) in [7, 11) is 0. The maximum absolute atomic E-state index is 11.8. The highest BCUT2D eigenvalue weighted by molar-refractivity contribution is 6.35. The molecule has 0 saturated carbocycles. The molecule has 0 N–H and O–H groups in total. The second-order valence-electron chi connectivity index (χ2n) is 4.19. The number of halogens is 1. The average Bonchev–Trinajstić information content (AvgIpc) is 2.42. The summed E-state index contributed by atoms with van der Waals surface area (Å²) < 4.78 is 4.91. The number of benzene rings is 1. The predicted molar refractivity (Wildman–Crippen MR) is 74.6 cm³/mol. The van der Waals surface area contributed by atoms with Crippen LogP contribution >= 0.6 is 11.6 Å². The summed E-state index contributed by atoms with van der Waals surface area (Å²) in [5.41, 5.74) is -1.67. The third kappa shape index (κ3) is 4.38. The summed E-state index contributed by atoms with van der Waals surface area (Å²) in [6.45, 7) is 2.13. The number of carbonyl (C=O) groups is 1. The molecule has 0 spiro atoms. The summed E-state index contributed by atoms with van der Waals surface area (Å²) in [6, 6.07) is 1.75. The molecule has 0 amide bonds. The molecule has 1 rings (SSSR count). The minimum Gasteiger partial charge on any atom is -0.462 e. The van der Waals surface area contributed by atoms with Gasteiger partial charge in [0.1, 0.15) is 0 Å². The largest absolute Gasteiger partial charge is 0.462 e. The van der Waals surface area contributed by atoms with Gasteiger partial charge in [0.05, 0.1) is 22.0 Å². The predicted octanol–water partition coefficient (Wildman–Crippen LogP) is 3.50. The minimum absolute atomic E-state index is 0.150. The first-order valence-corrected chi connectivity index (χ1v) is 6.55. The van der Waals surface area contributed by atoms with E-state index in [4.69, 9.17) is 16.3 Å². The van der Waals surface area contributed by atoms with Crippen molar-refractivity contribution in [2.45, 2.75) is 26.2 Å². The lowest BCUT2D eigenvalue weighted by atomic mass is 10.1. The van der Waals surface area contributed by atoms with Gasteiger partial charge >= 0.3 is 5.97 Å². The van der Waals surface area contributed by atoms with E-state index in [-0.39, 0.29) is 12.2 Å². The Labute approximate surface area is 125 Å². The van der Waals surface area contributed by atoms with Crippen LogP contribution in [0.4, 0.5) is 11.4 Å². The zero-order valence-corrected chi connectivity index (χ0v) is 12.0. The summed E-state index contributed by atoms with van der Waals surface area (Å²) in [6.07, 6.45) is 2.46. The molecule has 0 fully saturated rings. The number of rotatable bonds is 7. The third-order valence-corrected chi connectivity index (χ3v) is 3.03. The Morgan fingerprint density at radius 2 is 1.71 bits per heavy atom. The molecular formula is C12H13ClN2O6. The fraction of sp³-hybridized carbons (Fsp3) is 0.417. The molecule has 0 aliphatic rings. The summed E-state index contributed by atoms with van der Waals surface area (Å²) >= 11 is 5.59. The van der Waals surface area contributed by atoms with Crippen LogP contribution in [0.3, 0.4) is 0 Å². The van der Waals surface area contributed by atoms with Gasteiger partial charge in [0.15, 0.2) is 5.02 Å². The smallest absolute Gasteiger partial charge is 0.338 e. The van der Waals surface area contributed by atoms with E-state index >= 15 is 0 Å². The topological polar surface area (TPSA) is 113 Å². The van der Waals surface area contributed by atoms with E-state index in [0.717, 1.165) is 25.0 Å². The normalized spacial score (nSPS) is 10.2. The van der Waals surface area contributed by atoms with Crippen molar-refractivity contribution >= 4 is 28.9 Å². The molecular weight excluding hydrogens is 304 g/mol. The van der Waals surface area contributed by atoms with Crippen molar-refractivity contribution in [3.05, 3.63) is 42.9 Å². The van der Waals surface area contributed by atoms with E-state index in [1.165, 1.54) is 0 Å². The van der Waals surface area contributed by atoms with E-state index in [1.807, 2.05) is 6.92 Å². The van der Waals surface area contributed by atoms with Gasteiger partial charge in [-0.25, -0.2) is 4.79 Å². The average molecular weight is 317 g/mol. The maximum Gasteiger partial charge on any atom is 0.338 e. The van der Waals surface area contributed by atoms with Crippen LogP contribution in [-0.2, 0) is 4.74 Å². The van der Waals surface area contributed by atoms with E-state index in [9.17, 15) is 25.0 Å². The van der Waals surface area contributed by atoms with Gasteiger partial charge in [-0.05, 0) is 6.42 Å². The molecule has 0 unspecified atom stereocenters. The molecule has 0 heterocycles. The lowest BCUT2D eigenvalue weighted by Crippen LogP contribution is -2.08. The molecule has 1 aromatic rings. The second kappa shape index (κ2) is 7.53. The molecule has 8 nitrogen and oxygen atoms in total. The number of nitrogens with zero attached hydrogens (tertiary/aromatic N) is 2. The van der Waals surface area contributed by atoms with Gasteiger partial charge in [-0.15, -0.1) is 0 Å². The molecule has 0 aliphatic carbocycles. The number of hydrogen-bond acceptors (Lipinski definition) is 6. The fourth-order valence-electron chi connectivity index (χ4n) is 1.58. The number of carbonyl (C=O) groups excluding carboxylic acids is 1. The van der Waals surface area contributed by atoms with Gasteiger partial charge in [0.2, 0.25) is 0 Å². The molecule has 0 aliphatic heterocycles. The zero-order valence-electron chi connectivity index (χ0n) is 11.2. The molecule has 0 aromatic heterocycles. The Hall–Kier alpha value is -2.22. The highest BCUT2D eigenvalue weighted by Gasteiger charge is 2.27. The van der Waals surface area contributed by atoms with Crippen LogP contribution in [0, 0.1) is 20.2 Å². The lowest BCUT2D eigenvalue weighted by Gasteiger charge is -2.05. The Morgan fingerprint density at radius 1 is 1.19 bits per heavy atom. The van der Waals surface area contributed by atoms with Crippen LogP contribution in [0.1, 0.15) is 36.5 Å². The second-order valence-corrected chi connectivity index (χ2v) is 4.56. The van der Waals surface area contributed by atoms with Gasteiger partial charge in [-0.3, -0.25) is 20.2 Å². The van der Waals surface area contributed by atoms with E-state index < -0.39 is 32.2 Å². The Morgan fingerprint density at radius 3 is 2.14 bits per heavy atom. The lowest BCUT2D eigenvalue weighted by molar-refractivity contribution is -0.393. The molecule has 0 atom stereocenters. The number of unbranched alkanes of at least 4 members (excludes halogenated alkanes) is 2. The van der Waals surface area contributed by atoms with Crippen molar-refractivity contribution in [1.82, 2.24) is 0 Å². The van der Waals surface area contributed by atoms with E-state index in [1.54, 1.807) is 0 Å². The number of hydrogen-bond donors (Lipinski definition) is 0. The number of nitro groups is 2. The third-order valence-electron chi connectivity index (χ3n) is 2.64. The first kappa shape index (κ1) is 16.8. The highest BCUT2D eigenvalue weighted by Crippen LogP contribution is 2.35. The molecule has 21 heavy (non-hydrogen) atoms. The van der Waals surface area contributed by atoms with Crippen LogP contribution < -0.4 is 0 Å². The van der Waals surface area contributed by atoms with Crippen molar-refractivity contribution in [3.8, 4) is 0 Å². The minimum atomic E-state index is -0.886. The Balaban J connectivity index is 3.04. The van der Waals surface area contributed by atoms with Gasteiger partial charge in [-0.2, -0.15) is 0 Å². The highest BCUT2D eigenvalue weighted by atomic mass is 35.5. The van der Waals surface area contributed by atoms with Gasteiger partial charge in [-0.1, -0.05) is 31.4 Å². The number of ether oxygens (including phenoxy) is 1. The monoisotopic (exact) mass is 316 g/mol. The van der Waals surface area contributed by atoms with Crippen LogP contribution in [0.2, 0.25) is 5.02 Å². The van der Waals surface area contributed by atoms with Crippen molar-refractivity contribution in [2.24, 2.45) is 0 Å². The summed E-state index contributed by atoms with van der Waals surface area (Å²) in [4.78, 5) is 31.6. The summed E-state index contributed by atoms with van der Waals surface area (Å²) in [5.74, 6) is -0.853. The molecule has 9 heteroatoms. The zero-order chi connectivity index (χ0) is 16.0. The molecule has 0 bridgehead atoms. The van der Waals surface area contributed by atoms with E-state index in [0.29, 0.717) is 6.42 Å². The molecule has 0 saturated heterocycles. The number of esters is 1. The van der Waals surface area contributed by atoms with Crippen LogP contribution in [-0.4, -0.2) is 22.4 Å². The first-order valence-electron chi connectivity index (χ1n) is 6.18. The van der Waals surface area contributed by atoms with E-state index in [2.05, 4.69) is 0 Å².